The van der Waals surface area contributed by atoms with Gasteiger partial charge in [-0.05, 0) is 81.8 Å². The van der Waals surface area contributed by atoms with E-state index in [0.717, 1.165) is 23.3 Å². The molecule has 2 fully saturated rings. The molecule has 9 nitrogen and oxygen atoms in total. The number of hydrogen-bond acceptors (Lipinski definition) is 6. The molecule has 6 atom stereocenters. The Labute approximate surface area is 262 Å². The van der Waals surface area contributed by atoms with Gasteiger partial charge in [-0.25, -0.2) is 4.79 Å². The van der Waals surface area contributed by atoms with Crippen molar-refractivity contribution in [3.05, 3.63) is 46.9 Å². The van der Waals surface area contributed by atoms with Gasteiger partial charge in [0.1, 0.15) is 23.9 Å². The third-order valence-corrected chi connectivity index (χ3v) is 8.85. The number of ether oxygens (including phenoxy) is 1. The van der Waals surface area contributed by atoms with Crippen molar-refractivity contribution in [2.24, 2.45) is 17.3 Å². The fourth-order valence-electron chi connectivity index (χ4n) is 5.46. The van der Waals surface area contributed by atoms with Gasteiger partial charge in [0, 0.05) is 0 Å². The van der Waals surface area contributed by atoms with E-state index in [1.165, 1.54) is 11.0 Å². The number of carbonyl (C=O) groups is 4. The molecule has 3 N–H and O–H groups in total. The van der Waals surface area contributed by atoms with Gasteiger partial charge in [0.2, 0.25) is 17.7 Å². The lowest BCUT2D eigenvalue weighted by Gasteiger charge is -2.46. The van der Waals surface area contributed by atoms with Gasteiger partial charge in [-0.1, -0.05) is 65.0 Å². The van der Waals surface area contributed by atoms with Crippen molar-refractivity contribution < 1.29 is 29.0 Å². The van der Waals surface area contributed by atoms with E-state index in [1.807, 2.05) is 33.8 Å². The lowest BCUT2D eigenvalue weighted by atomic mass is 9.77. The maximum absolute atomic E-state index is 13.4. The van der Waals surface area contributed by atoms with Crippen LogP contribution in [0.1, 0.15) is 88.0 Å². The number of nitrogens with zero attached hydrogens (tertiary/aromatic N) is 1. The fraction of sp³-hybridized carbons (Fsp3) is 0.636. The van der Waals surface area contributed by atoms with Gasteiger partial charge in [0.15, 0.2) is 0 Å². The van der Waals surface area contributed by atoms with Gasteiger partial charge in [-0.15, -0.1) is 12.6 Å². The Morgan fingerprint density at radius 3 is 2.51 bits per heavy atom. The highest BCUT2D eigenvalue weighted by Gasteiger charge is 2.59. The number of thiol groups is 1. The molecule has 2 saturated heterocycles. The topological polar surface area (TPSA) is 128 Å². The first kappa shape index (κ1) is 36.3. The Morgan fingerprint density at radius 2 is 1.91 bits per heavy atom. The molecule has 0 aromatic heterocycles. The van der Waals surface area contributed by atoms with E-state index in [0.29, 0.717) is 6.42 Å². The van der Waals surface area contributed by atoms with Crippen LogP contribution < -0.4 is 10.6 Å². The van der Waals surface area contributed by atoms with Crippen molar-refractivity contribution in [2.75, 3.05) is 0 Å². The molecule has 43 heavy (non-hydrogen) atoms. The standard InChI is InChI=1S/C31H45N3O6S.C2H6/c1-18(2)17-23(28(37)38)32-29(39)30(5,6)31(7)33-27(36)20(4)34(31)24(35)14-9-8-11-19(3)25-26(40-25)21-12-10-13-22(41)16-15-21;1-2/h9-10,12,14-16,18-20,23,25-26,41H,8,11,13,17H2,1-7H3,(H,32,39)(H,33,36)(H,37,38);1-2H3/b14-9+;/t19-,20+,23-,25?,26?,31?;/m0./s1. The summed E-state index contributed by atoms with van der Waals surface area (Å²) >= 11 is 4.43. The molecule has 0 bridgehead atoms. The molecule has 0 spiro atoms. The zero-order valence-corrected chi connectivity index (χ0v) is 28.0. The Balaban J connectivity index is 0.00000316. The van der Waals surface area contributed by atoms with Crippen LogP contribution in [0, 0.1) is 17.3 Å². The molecule has 1 aliphatic carbocycles. The monoisotopic (exact) mass is 617 g/mol. The van der Waals surface area contributed by atoms with Crippen LogP contribution in [-0.2, 0) is 23.9 Å². The summed E-state index contributed by atoms with van der Waals surface area (Å²) in [5, 5.41) is 15.1. The van der Waals surface area contributed by atoms with Crippen LogP contribution >= 0.6 is 12.6 Å². The lowest BCUT2D eigenvalue weighted by molar-refractivity contribution is -0.151. The van der Waals surface area contributed by atoms with Crippen molar-refractivity contribution in [1.82, 2.24) is 15.5 Å². The number of epoxide rings is 1. The Kier molecular flexibility index (Phi) is 12.9. The smallest absolute Gasteiger partial charge is 0.326 e. The molecular weight excluding hydrogens is 566 g/mol. The van der Waals surface area contributed by atoms with Crippen molar-refractivity contribution in [2.45, 2.75) is 118 Å². The minimum absolute atomic E-state index is 0.0498. The van der Waals surface area contributed by atoms with Crippen molar-refractivity contribution >= 4 is 36.3 Å². The zero-order valence-electron chi connectivity index (χ0n) is 27.1. The predicted molar refractivity (Wildman–Crippen MR) is 172 cm³/mol. The molecule has 3 amide bonds. The van der Waals surface area contributed by atoms with E-state index in [4.69, 9.17) is 4.74 Å². The van der Waals surface area contributed by atoms with Gasteiger partial charge in [-0.2, -0.15) is 0 Å². The third kappa shape index (κ3) is 8.62. The summed E-state index contributed by atoms with van der Waals surface area (Å²) in [5.41, 5.74) is -1.57. The quantitative estimate of drug-likeness (QED) is 0.136. The molecule has 0 aromatic carbocycles. The summed E-state index contributed by atoms with van der Waals surface area (Å²) < 4.78 is 5.95. The zero-order chi connectivity index (χ0) is 32.7. The Bertz CT molecular complexity index is 1170. The van der Waals surface area contributed by atoms with Crippen molar-refractivity contribution in [1.29, 1.82) is 0 Å². The highest BCUT2D eigenvalue weighted by atomic mass is 32.1. The Morgan fingerprint density at radius 1 is 1.26 bits per heavy atom. The molecule has 3 rings (SSSR count). The highest BCUT2D eigenvalue weighted by Crippen LogP contribution is 2.40. The first-order chi connectivity index (χ1) is 20.1. The predicted octanol–water partition coefficient (Wildman–Crippen LogP) is 5.16. The van der Waals surface area contributed by atoms with Gasteiger partial charge in [-0.3, -0.25) is 14.4 Å². The van der Waals surface area contributed by atoms with Crippen molar-refractivity contribution in [3.63, 3.8) is 0 Å². The normalized spacial score (nSPS) is 26.5. The number of allylic oxidation sites excluding steroid dienone is 5. The second kappa shape index (κ2) is 15.2. The van der Waals surface area contributed by atoms with E-state index in [9.17, 15) is 24.3 Å². The van der Waals surface area contributed by atoms with Gasteiger partial charge >= 0.3 is 5.97 Å². The number of carboxylic acid groups (broad SMARTS) is 1. The number of nitrogens with one attached hydrogen (secondary N) is 2. The molecule has 0 saturated carbocycles. The molecule has 240 valence electrons. The van der Waals surface area contributed by atoms with Gasteiger partial charge < -0.3 is 25.4 Å². The Hall–Kier alpha value is -2.85. The number of amides is 3. The van der Waals surface area contributed by atoms with Crippen LogP contribution in [0.3, 0.4) is 0 Å². The largest absolute Gasteiger partial charge is 0.480 e. The molecule has 2 heterocycles. The van der Waals surface area contributed by atoms with E-state index >= 15 is 0 Å². The van der Waals surface area contributed by atoms with E-state index < -0.39 is 40.9 Å². The summed E-state index contributed by atoms with van der Waals surface area (Å²) in [4.78, 5) is 53.8. The molecule has 0 radical (unpaired) electrons. The van der Waals surface area contributed by atoms with Crippen LogP contribution in [0.15, 0.2) is 46.9 Å². The lowest BCUT2D eigenvalue weighted by Crippen LogP contribution is -2.66. The average Bonchev–Trinajstić information content (AvgIpc) is 3.72. The summed E-state index contributed by atoms with van der Waals surface area (Å²) in [5.74, 6) is -2.13. The first-order valence-corrected chi connectivity index (χ1v) is 15.8. The van der Waals surface area contributed by atoms with Crippen LogP contribution in [-0.4, -0.2) is 63.7 Å². The molecule has 3 aliphatic rings. The second-order valence-electron chi connectivity index (χ2n) is 12.5. The van der Waals surface area contributed by atoms with Crippen LogP contribution in [0.5, 0.6) is 0 Å². The number of carbonyl (C=O) groups excluding carboxylic acids is 3. The average molecular weight is 618 g/mol. The molecule has 0 aromatic rings. The third-order valence-electron chi connectivity index (χ3n) is 8.52. The van der Waals surface area contributed by atoms with Gasteiger partial charge in [0.25, 0.3) is 0 Å². The number of aliphatic carboxylic acids is 1. The van der Waals surface area contributed by atoms with Crippen molar-refractivity contribution in [3.8, 4) is 0 Å². The summed E-state index contributed by atoms with van der Waals surface area (Å²) in [7, 11) is 0. The SMILES string of the molecule is CC.CC(C)C[C@H](NC(=O)C(C)(C)C1(C)NC(=O)[C@@H](C)N1C(=O)/C=C/CC[C@H](C)C1OC1C1=CC=C(S)CC=C1)C(=O)O. The minimum Gasteiger partial charge on any atom is -0.480 e. The summed E-state index contributed by atoms with van der Waals surface area (Å²) in [6.45, 7) is 16.4. The maximum Gasteiger partial charge on any atom is 0.326 e. The highest BCUT2D eigenvalue weighted by molar-refractivity contribution is 7.84. The fourth-order valence-corrected chi connectivity index (χ4v) is 5.64. The molecule has 2 aliphatic heterocycles. The molecule has 3 unspecified atom stereocenters. The first-order valence-electron chi connectivity index (χ1n) is 15.4. The minimum atomic E-state index is -1.38. The van der Waals surface area contributed by atoms with Gasteiger partial charge in [0.05, 0.1) is 11.5 Å². The van der Waals surface area contributed by atoms with Crippen LogP contribution in [0.25, 0.3) is 0 Å². The molecular formula is C33H51N3O6S. The second-order valence-corrected chi connectivity index (χ2v) is 13.0. The molecule has 10 heteroatoms. The van der Waals surface area contributed by atoms with Crippen LogP contribution in [0.2, 0.25) is 0 Å². The van der Waals surface area contributed by atoms with E-state index in [1.54, 1.807) is 33.8 Å². The maximum atomic E-state index is 13.4. The number of hydrogen-bond donors (Lipinski definition) is 4. The van der Waals surface area contributed by atoms with E-state index in [2.05, 4.69) is 48.4 Å². The summed E-state index contributed by atoms with van der Waals surface area (Å²) in [6.07, 6.45) is 14.2. The summed E-state index contributed by atoms with van der Waals surface area (Å²) in [6, 6.07) is -1.88. The van der Waals surface area contributed by atoms with E-state index in [-0.39, 0.29) is 36.4 Å². The number of rotatable bonds is 12. The van der Waals surface area contributed by atoms with Crippen LogP contribution in [0.4, 0.5) is 0 Å². The number of carboxylic acids is 1.